The van der Waals surface area contributed by atoms with Crippen LogP contribution in [0.1, 0.15) is 24.2 Å². The average molecular weight is 443 g/mol. The van der Waals surface area contributed by atoms with E-state index in [1.165, 1.54) is 27.4 Å². The van der Waals surface area contributed by atoms with Gasteiger partial charge in [0, 0.05) is 26.2 Å². The maximum atomic E-state index is 13.8. The van der Waals surface area contributed by atoms with E-state index in [-0.39, 0.29) is 37.7 Å². The van der Waals surface area contributed by atoms with Gasteiger partial charge in [0.15, 0.2) is 6.61 Å². The van der Waals surface area contributed by atoms with Crippen molar-refractivity contribution in [2.75, 3.05) is 39.0 Å². The number of sulfonamides is 1. The Morgan fingerprint density at radius 3 is 2.27 bits per heavy atom. The maximum absolute atomic E-state index is 13.8. The summed E-state index contributed by atoms with van der Waals surface area (Å²) in [5.41, 5.74) is -0.198. The van der Waals surface area contributed by atoms with Gasteiger partial charge in [0.25, 0.3) is 11.8 Å². The summed E-state index contributed by atoms with van der Waals surface area (Å²) in [6.07, 6.45) is 1.11. The van der Waals surface area contributed by atoms with Crippen LogP contribution in [0.2, 0.25) is 0 Å². The zero-order valence-corrected chi connectivity index (χ0v) is 17.9. The van der Waals surface area contributed by atoms with Gasteiger partial charge >= 0.3 is 5.97 Å². The topological polar surface area (TPSA) is 113 Å². The molecule has 0 aliphatic carbocycles. The van der Waals surface area contributed by atoms with Crippen LogP contribution in [-0.4, -0.2) is 80.5 Å². The molecule has 9 nitrogen and oxygen atoms in total. The fraction of sp³-hybridized carbons (Fsp3) is 0.526. The molecule has 0 bridgehead atoms. The highest BCUT2D eigenvalue weighted by Crippen LogP contribution is 2.11. The molecule has 1 fully saturated rings. The average Bonchev–Trinajstić information content (AvgIpc) is 2.69. The van der Waals surface area contributed by atoms with Gasteiger partial charge in [-0.25, -0.2) is 17.6 Å². The van der Waals surface area contributed by atoms with Crippen molar-refractivity contribution in [3.63, 3.8) is 0 Å². The summed E-state index contributed by atoms with van der Waals surface area (Å²) >= 11 is 0. The van der Waals surface area contributed by atoms with E-state index in [4.69, 9.17) is 4.74 Å². The van der Waals surface area contributed by atoms with Crippen LogP contribution in [0.3, 0.4) is 0 Å². The van der Waals surface area contributed by atoms with Crippen molar-refractivity contribution in [2.45, 2.75) is 19.9 Å². The molecule has 0 radical (unpaired) electrons. The Morgan fingerprint density at radius 1 is 1.13 bits per heavy atom. The second kappa shape index (κ2) is 9.98. The minimum Gasteiger partial charge on any atom is -0.454 e. The van der Waals surface area contributed by atoms with Crippen molar-refractivity contribution in [2.24, 2.45) is 5.92 Å². The maximum Gasteiger partial charge on any atom is 0.329 e. The first kappa shape index (κ1) is 23.7. The molecule has 0 saturated carbocycles. The lowest BCUT2D eigenvalue weighted by molar-refractivity contribution is -0.154. The lowest BCUT2D eigenvalue weighted by atomic mass is 10.0. The number of hydrogen-bond donors (Lipinski definition) is 1. The van der Waals surface area contributed by atoms with Crippen molar-refractivity contribution in [1.29, 1.82) is 0 Å². The van der Waals surface area contributed by atoms with Gasteiger partial charge in [-0.05, 0) is 18.1 Å². The summed E-state index contributed by atoms with van der Waals surface area (Å²) in [7, 11) is -3.32. The molecule has 1 heterocycles. The third-order valence-electron chi connectivity index (χ3n) is 4.72. The Balaban J connectivity index is 1.90. The van der Waals surface area contributed by atoms with E-state index in [0.717, 1.165) is 12.3 Å². The predicted octanol–water partition coefficient (Wildman–Crippen LogP) is 0.227. The molecule has 166 valence electrons. The highest BCUT2D eigenvalue weighted by molar-refractivity contribution is 7.88. The fourth-order valence-electron chi connectivity index (χ4n) is 2.95. The molecule has 1 atom stereocenters. The molecule has 30 heavy (non-hydrogen) atoms. The highest BCUT2D eigenvalue weighted by Gasteiger charge is 2.30. The van der Waals surface area contributed by atoms with Crippen molar-refractivity contribution in [3.05, 3.63) is 35.6 Å². The molecule has 1 aliphatic heterocycles. The van der Waals surface area contributed by atoms with Gasteiger partial charge in [-0.1, -0.05) is 26.0 Å². The Bertz CT molecular complexity index is 897. The SMILES string of the molecule is CC(C)[C@H](NC(=O)c1ccccc1F)C(=O)OCC(=O)N1CCN(S(C)(=O)=O)CC1. The zero-order chi connectivity index (χ0) is 22.5. The van der Waals surface area contributed by atoms with Crippen LogP contribution in [-0.2, 0) is 24.3 Å². The van der Waals surface area contributed by atoms with Gasteiger partial charge in [-0.15, -0.1) is 0 Å². The highest BCUT2D eigenvalue weighted by atomic mass is 32.2. The number of ether oxygens (including phenoxy) is 1. The minimum atomic E-state index is -3.32. The minimum absolute atomic E-state index is 0.172. The van der Waals surface area contributed by atoms with Crippen LogP contribution in [0.5, 0.6) is 0 Å². The van der Waals surface area contributed by atoms with Crippen LogP contribution < -0.4 is 5.32 Å². The Morgan fingerprint density at radius 2 is 1.73 bits per heavy atom. The van der Waals surface area contributed by atoms with Crippen molar-refractivity contribution < 1.29 is 31.9 Å². The molecule has 1 aliphatic rings. The molecule has 1 aromatic rings. The number of carbonyl (C=O) groups excluding carboxylic acids is 3. The number of benzene rings is 1. The van der Waals surface area contributed by atoms with E-state index in [0.29, 0.717) is 0 Å². The predicted molar refractivity (Wildman–Crippen MR) is 106 cm³/mol. The zero-order valence-electron chi connectivity index (χ0n) is 17.1. The number of rotatable bonds is 7. The van der Waals surface area contributed by atoms with E-state index in [1.807, 2.05) is 0 Å². The summed E-state index contributed by atoms with van der Waals surface area (Å²) in [5, 5.41) is 2.45. The second-order valence-electron chi connectivity index (χ2n) is 7.33. The van der Waals surface area contributed by atoms with E-state index in [9.17, 15) is 27.2 Å². The molecule has 0 aromatic heterocycles. The number of carbonyl (C=O) groups is 3. The van der Waals surface area contributed by atoms with Gasteiger partial charge in [-0.2, -0.15) is 4.31 Å². The number of amides is 2. The molecule has 1 aromatic carbocycles. The van der Waals surface area contributed by atoms with E-state index in [2.05, 4.69) is 5.32 Å². The second-order valence-corrected chi connectivity index (χ2v) is 9.31. The third kappa shape index (κ3) is 6.23. The van der Waals surface area contributed by atoms with E-state index < -0.39 is 46.3 Å². The molecule has 2 amide bonds. The summed E-state index contributed by atoms with van der Waals surface area (Å²) in [6.45, 7) is 3.57. The number of hydrogen-bond acceptors (Lipinski definition) is 6. The fourth-order valence-corrected chi connectivity index (χ4v) is 3.77. The molecule has 0 unspecified atom stereocenters. The number of nitrogens with zero attached hydrogens (tertiary/aromatic N) is 2. The molecule has 1 saturated heterocycles. The molecule has 11 heteroatoms. The van der Waals surface area contributed by atoms with Crippen molar-refractivity contribution >= 4 is 27.8 Å². The van der Waals surface area contributed by atoms with Crippen LogP contribution in [0.4, 0.5) is 4.39 Å². The lowest BCUT2D eigenvalue weighted by Gasteiger charge is -2.33. The largest absolute Gasteiger partial charge is 0.454 e. The first-order valence-corrected chi connectivity index (χ1v) is 11.3. The Hall–Kier alpha value is -2.53. The first-order chi connectivity index (χ1) is 14.0. The number of halogens is 1. The summed E-state index contributed by atoms with van der Waals surface area (Å²) in [6, 6.07) is 4.32. The summed E-state index contributed by atoms with van der Waals surface area (Å²) < 4.78 is 43.2. The number of esters is 1. The standard InChI is InChI=1S/C19H26FN3O6S/c1-13(2)17(21-18(25)14-6-4-5-7-15(14)20)19(26)29-12-16(24)22-8-10-23(11-9-22)30(3,27)28/h4-7,13,17H,8-12H2,1-3H3,(H,21,25)/t17-/m0/s1. The first-order valence-electron chi connectivity index (χ1n) is 9.45. The van der Waals surface area contributed by atoms with Crippen molar-refractivity contribution in [1.82, 2.24) is 14.5 Å². The number of piperazine rings is 1. The lowest BCUT2D eigenvalue weighted by Crippen LogP contribution is -2.51. The third-order valence-corrected chi connectivity index (χ3v) is 6.03. The van der Waals surface area contributed by atoms with Crippen LogP contribution >= 0.6 is 0 Å². The van der Waals surface area contributed by atoms with E-state index >= 15 is 0 Å². The monoisotopic (exact) mass is 443 g/mol. The summed E-state index contributed by atoms with van der Waals surface area (Å²) in [4.78, 5) is 38.4. The molecular weight excluding hydrogens is 417 g/mol. The molecule has 1 N–H and O–H groups in total. The van der Waals surface area contributed by atoms with Crippen molar-refractivity contribution in [3.8, 4) is 0 Å². The van der Waals surface area contributed by atoms with E-state index in [1.54, 1.807) is 13.8 Å². The smallest absolute Gasteiger partial charge is 0.329 e. The molecule has 2 rings (SSSR count). The van der Waals surface area contributed by atoms with Gasteiger partial charge in [0.2, 0.25) is 10.0 Å². The Kier molecular flexibility index (Phi) is 7.90. The van der Waals surface area contributed by atoms with Gasteiger partial charge in [0.05, 0.1) is 11.8 Å². The normalized spacial score (nSPS) is 16.2. The van der Waals surface area contributed by atoms with Crippen LogP contribution in [0.15, 0.2) is 24.3 Å². The van der Waals surface area contributed by atoms with Crippen LogP contribution in [0.25, 0.3) is 0 Å². The molecule has 0 spiro atoms. The summed E-state index contributed by atoms with van der Waals surface area (Å²) in [5.74, 6) is -3.10. The van der Waals surface area contributed by atoms with Gasteiger partial charge < -0.3 is 15.0 Å². The Labute approximate surface area is 175 Å². The van der Waals surface area contributed by atoms with Crippen LogP contribution in [0, 0.1) is 11.7 Å². The quantitative estimate of drug-likeness (QED) is 0.604. The molecular formula is C19H26FN3O6S. The van der Waals surface area contributed by atoms with Gasteiger partial charge in [0.1, 0.15) is 11.9 Å². The van der Waals surface area contributed by atoms with Gasteiger partial charge in [-0.3, -0.25) is 9.59 Å². The number of nitrogens with one attached hydrogen (secondary N) is 1.